The Morgan fingerprint density at radius 1 is 1.58 bits per heavy atom. The third-order valence-electron chi connectivity index (χ3n) is 1.36. The molecular formula is C8H18N2O2. The molecule has 4 heteroatoms. The molecule has 0 spiro atoms. The van der Waals surface area contributed by atoms with E-state index in [4.69, 9.17) is 10.5 Å². The second-order valence-corrected chi connectivity index (χ2v) is 2.44. The first-order valence-corrected chi connectivity index (χ1v) is 4.35. The fraction of sp³-hybridized carbons (Fsp3) is 0.875. The summed E-state index contributed by atoms with van der Waals surface area (Å²) in [7, 11) is 0. The van der Waals surface area contributed by atoms with Crippen LogP contribution in [0.3, 0.4) is 0 Å². The molecule has 0 aliphatic heterocycles. The minimum Gasteiger partial charge on any atom is -0.382 e. The number of hydrogen-bond donors (Lipinski definition) is 2. The summed E-state index contributed by atoms with van der Waals surface area (Å²) in [5.74, 6) is 0.0557. The van der Waals surface area contributed by atoms with Crippen molar-refractivity contribution >= 4 is 5.91 Å². The van der Waals surface area contributed by atoms with E-state index in [1.165, 1.54) is 0 Å². The Morgan fingerprint density at radius 2 is 2.33 bits per heavy atom. The second kappa shape index (κ2) is 8.49. The lowest BCUT2D eigenvalue weighted by Crippen LogP contribution is -2.28. The molecule has 3 N–H and O–H groups in total. The first kappa shape index (κ1) is 11.4. The molecule has 4 nitrogen and oxygen atoms in total. The standard InChI is InChI=1S/C8H18N2O2/c1-2-12-7-3-4-8(11)10-6-5-9/h2-7,9H2,1H3,(H,10,11). The van der Waals surface area contributed by atoms with Crippen LogP contribution in [0, 0.1) is 0 Å². The molecule has 0 unspecified atom stereocenters. The maximum atomic E-state index is 10.9. The fourth-order valence-electron chi connectivity index (χ4n) is 0.779. The predicted molar refractivity (Wildman–Crippen MR) is 47.8 cm³/mol. The van der Waals surface area contributed by atoms with Gasteiger partial charge in [-0.1, -0.05) is 0 Å². The molecule has 0 saturated heterocycles. The van der Waals surface area contributed by atoms with Crippen molar-refractivity contribution in [1.29, 1.82) is 0 Å². The number of ether oxygens (including phenoxy) is 1. The third-order valence-corrected chi connectivity index (χ3v) is 1.36. The first-order valence-electron chi connectivity index (χ1n) is 4.35. The van der Waals surface area contributed by atoms with Crippen LogP contribution in [-0.2, 0) is 9.53 Å². The van der Waals surface area contributed by atoms with Gasteiger partial charge in [0.1, 0.15) is 0 Å². The van der Waals surface area contributed by atoms with Crippen LogP contribution in [0.2, 0.25) is 0 Å². The van der Waals surface area contributed by atoms with Crippen LogP contribution in [-0.4, -0.2) is 32.2 Å². The van der Waals surface area contributed by atoms with Gasteiger partial charge in [-0.25, -0.2) is 0 Å². The van der Waals surface area contributed by atoms with Crippen molar-refractivity contribution in [3.8, 4) is 0 Å². The van der Waals surface area contributed by atoms with Crippen LogP contribution < -0.4 is 11.1 Å². The lowest BCUT2D eigenvalue weighted by atomic mass is 10.3. The summed E-state index contributed by atoms with van der Waals surface area (Å²) in [4.78, 5) is 10.9. The van der Waals surface area contributed by atoms with Crippen molar-refractivity contribution in [2.45, 2.75) is 19.8 Å². The molecule has 0 aromatic rings. The highest BCUT2D eigenvalue weighted by atomic mass is 16.5. The summed E-state index contributed by atoms with van der Waals surface area (Å²) in [5.41, 5.74) is 5.21. The van der Waals surface area contributed by atoms with Crippen molar-refractivity contribution < 1.29 is 9.53 Å². The summed E-state index contributed by atoms with van der Waals surface area (Å²) in [6.07, 6.45) is 1.31. The molecule has 0 heterocycles. The zero-order valence-corrected chi connectivity index (χ0v) is 7.64. The number of nitrogens with two attached hydrogens (primary N) is 1. The van der Waals surface area contributed by atoms with Gasteiger partial charge in [0.2, 0.25) is 5.91 Å². The van der Waals surface area contributed by atoms with E-state index in [0.717, 1.165) is 6.42 Å². The maximum Gasteiger partial charge on any atom is 0.220 e. The minimum absolute atomic E-state index is 0.0557. The predicted octanol–water partition coefficient (Wildman–Crippen LogP) is -0.122. The van der Waals surface area contributed by atoms with Crippen LogP contribution >= 0.6 is 0 Å². The van der Waals surface area contributed by atoms with Gasteiger partial charge >= 0.3 is 0 Å². The van der Waals surface area contributed by atoms with Gasteiger partial charge in [-0.05, 0) is 13.3 Å². The van der Waals surface area contributed by atoms with Crippen molar-refractivity contribution in [3.05, 3.63) is 0 Å². The minimum atomic E-state index is 0.0557. The van der Waals surface area contributed by atoms with Gasteiger partial charge in [-0.3, -0.25) is 4.79 Å². The summed E-state index contributed by atoms with van der Waals surface area (Å²) in [6.45, 7) is 4.37. The van der Waals surface area contributed by atoms with Gasteiger partial charge in [0.25, 0.3) is 0 Å². The molecular weight excluding hydrogens is 156 g/mol. The van der Waals surface area contributed by atoms with E-state index in [1.807, 2.05) is 6.92 Å². The molecule has 0 aromatic heterocycles. The molecule has 0 rings (SSSR count). The van der Waals surface area contributed by atoms with Crippen LogP contribution in [0.1, 0.15) is 19.8 Å². The van der Waals surface area contributed by atoms with E-state index in [-0.39, 0.29) is 5.91 Å². The number of rotatable bonds is 7. The smallest absolute Gasteiger partial charge is 0.220 e. The van der Waals surface area contributed by atoms with E-state index in [1.54, 1.807) is 0 Å². The molecule has 12 heavy (non-hydrogen) atoms. The molecule has 0 aromatic carbocycles. The Hall–Kier alpha value is -0.610. The van der Waals surface area contributed by atoms with Crippen molar-refractivity contribution in [2.75, 3.05) is 26.3 Å². The SMILES string of the molecule is CCOCCCC(=O)NCCN. The highest BCUT2D eigenvalue weighted by molar-refractivity contribution is 5.75. The monoisotopic (exact) mass is 174 g/mol. The van der Waals surface area contributed by atoms with E-state index in [2.05, 4.69) is 5.32 Å². The Labute approximate surface area is 73.5 Å². The first-order chi connectivity index (χ1) is 5.81. The highest BCUT2D eigenvalue weighted by Crippen LogP contribution is 1.89. The zero-order chi connectivity index (χ0) is 9.23. The largest absolute Gasteiger partial charge is 0.382 e. The Morgan fingerprint density at radius 3 is 2.92 bits per heavy atom. The second-order valence-electron chi connectivity index (χ2n) is 2.44. The normalized spacial score (nSPS) is 9.83. The number of carbonyl (C=O) groups excluding carboxylic acids is 1. The molecule has 0 radical (unpaired) electrons. The van der Waals surface area contributed by atoms with Gasteiger partial charge in [-0.15, -0.1) is 0 Å². The summed E-state index contributed by atoms with van der Waals surface area (Å²) in [5, 5.41) is 2.69. The van der Waals surface area contributed by atoms with Crippen LogP contribution in [0.25, 0.3) is 0 Å². The average Bonchev–Trinajstić information content (AvgIpc) is 2.09. The van der Waals surface area contributed by atoms with E-state index < -0.39 is 0 Å². The summed E-state index contributed by atoms with van der Waals surface area (Å²) < 4.78 is 5.08. The van der Waals surface area contributed by atoms with Crippen LogP contribution in [0.4, 0.5) is 0 Å². The Bertz CT molecular complexity index is 118. The topological polar surface area (TPSA) is 64.3 Å². The van der Waals surface area contributed by atoms with Crippen molar-refractivity contribution in [2.24, 2.45) is 5.73 Å². The van der Waals surface area contributed by atoms with E-state index in [0.29, 0.717) is 32.7 Å². The average molecular weight is 174 g/mol. The van der Waals surface area contributed by atoms with Crippen LogP contribution in [0.15, 0.2) is 0 Å². The van der Waals surface area contributed by atoms with Gasteiger partial charge in [0.05, 0.1) is 0 Å². The number of carbonyl (C=O) groups is 1. The highest BCUT2D eigenvalue weighted by Gasteiger charge is 1.98. The lowest BCUT2D eigenvalue weighted by molar-refractivity contribution is -0.121. The van der Waals surface area contributed by atoms with Gasteiger partial charge in [0.15, 0.2) is 0 Å². The van der Waals surface area contributed by atoms with Gasteiger partial charge in [0, 0.05) is 32.7 Å². The van der Waals surface area contributed by atoms with Crippen molar-refractivity contribution in [3.63, 3.8) is 0 Å². The lowest BCUT2D eigenvalue weighted by Gasteiger charge is -2.02. The molecule has 72 valence electrons. The van der Waals surface area contributed by atoms with E-state index in [9.17, 15) is 4.79 Å². The molecule has 0 atom stereocenters. The molecule has 0 fully saturated rings. The molecule has 0 saturated carbocycles. The Kier molecular flexibility index (Phi) is 8.05. The van der Waals surface area contributed by atoms with Gasteiger partial charge in [-0.2, -0.15) is 0 Å². The fourth-order valence-corrected chi connectivity index (χ4v) is 0.779. The van der Waals surface area contributed by atoms with Gasteiger partial charge < -0.3 is 15.8 Å². The number of amides is 1. The molecule has 1 amide bonds. The van der Waals surface area contributed by atoms with Crippen LogP contribution in [0.5, 0.6) is 0 Å². The van der Waals surface area contributed by atoms with Crippen molar-refractivity contribution in [1.82, 2.24) is 5.32 Å². The van der Waals surface area contributed by atoms with E-state index >= 15 is 0 Å². The Balaban J connectivity index is 3.08. The quantitative estimate of drug-likeness (QED) is 0.529. The molecule has 0 bridgehead atoms. The summed E-state index contributed by atoms with van der Waals surface area (Å²) in [6, 6.07) is 0. The molecule has 0 aliphatic carbocycles. The summed E-state index contributed by atoms with van der Waals surface area (Å²) >= 11 is 0. The maximum absolute atomic E-state index is 10.9. The third kappa shape index (κ3) is 7.50. The number of nitrogens with one attached hydrogen (secondary N) is 1. The number of hydrogen-bond acceptors (Lipinski definition) is 3. The zero-order valence-electron chi connectivity index (χ0n) is 7.64. The molecule has 0 aliphatic rings.